The van der Waals surface area contributed by atoms with Crippen LogP contribution in [-0.2, 0) is 14.3 Å². The van der Waals surface area contributed by atoms with Gasteiger partial charge in [-0.05, 0) is 71.1 Å². The highest BCUT2D eigenvalue weighted by atomic mass is 19.2. The predicted molar refractivity (Wildman–Crippen MR) is 131 cm³/mol. The van der Waals surface area contributed by atoms with E-state index in [1.165, 1.54) is 0 Å². The predicted octanol–water partition coefficient (Wildman–Crippen LogP) is 6.20. The van der Waals surface area contributed by atoms with Gasteiger partial charge in [-0.15, -0.1) is 11.8 Å². The van der Waals surface area contributed by atoms with Gasteiger partial charge in [0.2, 0.25) is 34.8 Å². The minimum Gasteiger partial charge on any atom is -0.449 e. The van der Waals surface area contributed by atoms with Crippen LogP contribution in [0.3, 0.4) is 0 Å². The maximum absolute atomic E-state index is 13.7. The van der Waals surface area contributed by atoms with E-state index < -0.39 is 64.5 Å². The van der Waals surface area contributed by atoms with Crippen molar-refractivity contribution < 1.29 is 45.8 Å². The molecule has 0 saturated heterocycles. The van der Waals surface area contributed by atoms with Crippen molar-refractivity contribution in [2.75, 3.05) is 13.2 Å². The summed E-state index contributed by atoms with van der Waals surface area (Å²) in [5.41, 5.74) is -1.55. The second kappa shape index (κ2) is 12.5. The van der Waals surface area contributed by atoms with Crippen LogP contribution in [0.25, 0.3) is 0 Å². The van der Waals surface area contributed by atoms with Gasteiger partial charge >= 0.3 is 12.1 Å². The monoisotopic (exact) mass is 559 g/mol. The molecule has 0 aliphatic heterocycles. The van der Waals surface area contributed by atoms with Crippen LogP contribution >= 0.6 is 0 Å². The molecule has 0 bridgehead atoms. The summed E-state index contributed by atoms with van der Waals surface area (Å²) in [5.74, 6) is -6.18. The largest absolute Gasteiger partial charge is 0.449 e. The number of hydrogen-bond acceptors (Lipinski definition) is 5. The molecule has 1 aromatic rings. The van der Waals surface area contributed by atoms with Crippen LogP contribution in [0.1, 0.15) is 72.6 Å². The highest BCUT2D eigenvalue weighted by molar-refractivity contribution is 5.72. The Kier molecular flexibility index (Phi) is 9.86. The maximum Gasteiger partial charge on any atom is 0.407 e. The Labute approximate surface area is 224 Å². The third-order valence-corrected chi connectivity index (χ3v) is 7.22. The van der Waals surface area contributed by atoms with Crippen molar-refractivity contribution >= 4 is 12.1 Å². The van der Waals surface area contributed by atoms with Crippen LogP contribution in [0.4, 0.5) is 26.7 Å². The molecule has 6 nitrogen and oxygen atoms in total. The van der Waals surface area contributed by atoms with Gasteiger partial charge in [-0.1, -0.05) is 0 Å². The van der Waals surface area contributed by atoms with E-state index in [1.54, 1.807) is 13.8 Å². The maximum atomic E-state index is 13.7. The van der Waals surface area contributed by atoms with Crippen molar-refractivity contribution in [3.05, 3.63) is 29.1 Å². The lowest BCUT2D eigenvalue weighted by molar-refractivity contribution is -0.136. The van der Waals surface area contributed by atoms with Crippen LogP contribution in [0.2, 0.25) is 0 Å². The molecule has 0 spiro atoms. The Hall–Kier alpha value is -2.87. The molecule has 3 rings (SSSR count). The molecule has 216 valence electrons. The van der Waals surface area contributed by atoms with Gasteiger partial charge in [0, 0.05) is 31.4 Å². The molecule has 1 aromatic carbocycles. The van der Waals surface area contributed by atoms with E-state index in [0.29, 0.717) is 30.8 Å². The topological polar surface area (TPSA) is 73.9 Å². The van der Waals surface area contributed by atoms with Gasteiger partial charge in [-0.3, -0.25) is 4.79 Å². The van der Waals surface area contributed by atoms with Gasteiger partial charge in [-0.2, -0.15) is 8.78 Å². The number of nitrogens with one attached hydrogen (secondary N) is 1. The van der Waals surface area contributed by atoms with Crippen molar-refractivity contribution in [1.29, 1.82) is 0 Å². The minimum absolute atomic E-state index is 0.0336. The molecule has 11 heteroatoms. The number of carbonyl (C=O) groups is 2. The number of ether oxygens (including phenoxy) is 3. The van der Waals surface area contributed by atoms with E-state index in [9.17, 15) is 31.5 Å². The smallest absolute Gasteiger partial charge is 0.407 e. The zero-order chi connectivity index (χ0) is 29.0. The van der Waals surface area contributed by atoms with Gasteiger partial charge in [0.1, 0.15) is 0 Å². The number of hydrogen-bond donors (Lipinski definition) is 1. The van der Waals surface area contributed by atoms with Gasteiger partial charge in [-0.25, -0.2) is 18.0 Å². The van der Waals surface area contributed by atoms with E-state index in [4.69, 9.17) is 9.47 Å². The van der Waals surface area contributed by atoms with Gasteiger partial charge < -0.3 is 19.5 Å². The lowest BCUT2D eigenvalue weighted by Gasteiger charge is -2.30. The molecule has 0 aromatic heterocycles. The molecule has 0 radical (unpaired) electrons. The summed E-state index contributed by atoms with van der Waals surface area (Å²) < 4.78 is 82.9. The molecule has 1 amide bonds. The standard InChI is InChI=1S/C28H34F5NO5/c1-27(2,34-26(36)37-15-18-16-9-7-5-6-8-10-17(16)18)13-14-38-28(3,4)12-11-19(35)39-25-23(32)21(30)20(29)22(31)24(25)33/h16-18H,7-15H2,1-4H3,(H,34,36). The summed E-state index contributed by atoms with van der Waals surface area (Å²) in [6.07, 6.45) is 3.39. The summed E-state index contributed by atoms with van der Waals surface area (Å²) >= 11 is 0. The van der Waals surface area contributed by atoms with E-state index >= 15 is 0 Å². The summed E-state index contributed by atoms with van der Waals surface area (Å²) in [6, 6.07) is 0. The molecule has 1 N–H and O–H groups in total. The van der Waals surface area contributed by atoms with E-state index in [0.717, 1.165) is 25.7 Å². The molecular weight excluding hydrogens is 525 g/mol. The number of rotatable bonds is 11. The number of halogens is 5. The molecular formula is C28H34F5NO5. The molecule has 39 heavy (non-hydrogen) atoms. The molecule has 1 fully saturated rings. The van der Waals surface area contributed by atoms with Crippen LogP contribution < -0.4 is 10.1 Å². The molecule has 0 heterocycles. The van der Waals surface area contributed by atoms with Crippen molar-refractivity contribution in [2.24, 2.45) is 17.8 Å². The first kappa shape index (κ1) is 30.7. The van der Waals surface area contributed by atoms with Gasteiger partial charge in [0.05, 0.1) is 12.2 Å². The second-order valence-corrected chi connectivity index (χ2v) is 11.3. The number of fused-ring (bicyclic) bond motifs is 1. The Morgan fingerprint density at radius 1 is 0.872 bits per heavy atom. The molecule has 2 aliphatic rings. The van der Waals surface area contributed by atoms with Gasteiger partial charge in [0.15, 0.2) is 0 Å². The summed E-state index contributed by atoms with van der Waals surface area (Å²) in [6.45, 7) is 7.53. The highest BCUT2D eigenvalue weighted by Crippen LogP contribution is 2.52. The van der Waals surface area contributed by atoms with Crippen molar-refractivity contribution in [3.8, 4) is 17.6 Å². The minimum atomic E-state index is -2.34. The number of esters is 1. The first-order chi connectivity index (χ1) is 18.2. The zero-order valence-corrected chi connectivity index (χ0v) is 22.5. The SMILES string of the molecule is CC(C)(CCOC(C)(C)CCC(=O)Oc1c(F)c(F)c(F)c(F)c1F)NC(=O)OCC1C2CCC#CCCC21. The molecule has 1 saturated carbocycles. The quantitative estimate of drug-likeness (QED) is 0.0873. The highest BCUT2D eigenvalue weighted by Gasteiger charge is 2.49. The van der Waals surface area contributed by atoms with Crippen molar-refractivity contribution in [2.45, 2.75) is 83.8 Å². The fourth-order valence-electron chi connectivity index (χ4n) is 4.73. The zero-order valence-electron chi connectivity index (χ0n) is 22.5. The Bertz CT molecular complexity index is 1100. The average molecular weight is 560 g/mol. The Morgan fingerprint density at radius 2 is 1.41 bits per heavy atom. The van der Waals surface area contributed by atoms with Crippen molar-refractivity contribution in [1.82, 2.24) is 5.32 Å². The lowest BCUT2D eigenvalue weighted by Crippen LogP contribution is -2.45. The summed E-state index contributed by atoms with van der Waals surface area (Å²) in [4.78, 5) is 24.4. The van der Waals surface area contributed by atoms with E-state index in [1.807, 2.05) is 13.8 Å². The van der Waals surface area contributed by atoms with Crippen LogP contribution in [0, 0.1) is 58.7 Å². The molecule has 2 aliphatic carbocycles. The van der Waals surface area contributed by atoms with Crippen LogP contribution in [0.5, 0.6) is 5.75 Å². The number of alkyl carbamates (subject to hydrolysis) is 1. The third kappa shape index (κ3) is 8.31. The van der Waals surface area contributed by atoms with E-state index in [-0.39, 0.29) is 13.0 Å². The van der Waals surface area contributed by atoms with Crippen LogP contribution in [-0.4, -0.2) is 36.4 Å². The van der Waals surface area contributed by atoms with E-state index in [2.05, 4.69) is 21.9 Å². The van der Waals surface area contributed by atoms with Crippen LogP contribution in [0.15, 0.2) is 0 Å². The number of carbonyl (C=O) groups excluding carboxylic acids is 2. The molecule has 2 unspecified atom stereocenters. The van der Waals surface area contributed by atoms with Gasteiger partial charge in [0.25, 0.3) is 0 Å². The summed E-state index contributed by atoms with van der Waals surface area (Å²) in [5, 5.41) is 2.83. The number of amides is 1. The Morgan fingerprint density at radius 3 is 1.97 bits per heavy atom. The van der Waals surface area contributed by atoms with Crippen molar-refractivity contribution in [3.63, 3.8) is 0 Å². The normalized spacial score (nSPS) is 20.6. The third-order valence-electron chi connectivity index (χ3n) is 7.22. The summed E-state index contributed by atoms with van der Waals surface area (Å²) in [7, 11) is 0. The second-order valence-electron chi connectivity index (χ2n) is 11.3. The first-order valence-electron chi connectivity index (χ1n) is 13.0. The fourth-order valence-corrected chi connectivity index (χ4v) is 4.73. The molecule has 2 atom stereocenters. The lowest BCUT2D eigenvalue weighted by atomic mass is 10.00. The first-order valence-corrected chi connectivity index (χ1v) is 13.0. The Balaban J connectivity index is 1.37. The number of benzene rings is 1. The fraction of sp³-hybridized carbons (Fsp3) is 0.643. The average Bonchev–Trinajstić information content (AvgIpc) is 3.49.